The second-order valence-corrected chi connectivity index (χ2v) is 10.7. The van der Waals surface area contributed by atoms with E-state index in [9.17, 15) is 9.50 Å². The highest BCUT2D eigenvalue weighted by Crippen LogP contribution is 2.54. The summed E-state index contributed by atoms with van der Waals surface area (Å²) in [5, 5.41) is 17.1. The number of benzene rings is 2. The van der Waals surface area contributed by atoms with Crippen molar-refractivity contribution >= 4 is 10.9 Å². The van der Waals surface area contributed by atoms with Crippen LogP contribution in [0.1, 0.15) is 48.9 Å². The van der Waals surface area contributed by atoms with Crippen LogP contribution in [0.2, 0.25) is 0 Å². The predicted octanol–water partition coefficient (Wildman–Crippen LogP) is 5.55. The van der Waals surface area contributed by atoms with Crippen LogP contribution in [0.4, 0.5) is 4.39 Å². The number of hydrogen-bond acceptors (Lipinski definition) is 4. The van der Waals surface area contributed by atoms with Crippen LogP contribution in [0.25, 0.3) is 16.6 Å². The van der Waals surface area contributed by atoms with Gasteiger partial charge in [0.25, 0.3) is 0 Å². The van der Waals surface area contributed by atoms with Crippen LogP contribution in [0.15, 0.2) is 67.0 Å². The molecule has 5 nitrogen and oxygen atoms in total. The van der Waals surface area contributed by atoms with Crippen LogP contribution in [-0.4, -0.2) is 39.2 Å². The van der Waals surface area contributed by atoms with Gasteiger partial charge in [-0.2, -0.15) is 5.10 Å². The number of aromatic nitrogens is 3. The van der Waals surface area contributed by atoms with Crippen LogP contribution in [0.3, 0.4) is 0 Å². The van der Waals surface area contributed by atoms with Crippen LogP contribution >= 0.6 is 0 Å². The molecule has 186 valence electrons. The summed E-state index contributed by atoms with van der Waals surface area (Å²) in [6, 6.07) is 17.3. The van der Waals surface area contributed by atoms with Crippen molar-refractivity contribution in [3.05, 3.63) is 89.6 Å². The maximum atomic E-state index is 13.5. The van der Waals surface area contributed by atoms with Crippen molar-refractivity contribution < 1.29 is 14.2 Å². The molecule has 2 aliphatic rings. The monoisotopic (exact) mass is 485 g/mol. The highest BCUT2D eigenvalue weighted by molar-refractivity contribution is 5.82. The normalized spacial score (nSPS) is 25.8. The topological polar surface area (TPSA) is 60.2 Å². The van der Waals surface area contributed by atoms with E-state index in [4.69, 9.17) is 9.72 Å². The number of aliphatic hydroxyl groups is 1. The maximum Gasteiger partial charge on any atom is 0.123 e. The smallest absolute Gasteiger partial charge is 0.123 e. The van der Waals surface area contributed by atoms with Crippen molar-refractivity contribution in [3.63, 3.8) is 0 Å². The maximum absolute atomic E-state index is 13.5. The zero-order valence-corrected chi connectivity index (χ0v) is 20.7. The van der Waals surface area contributed by atoms with Gasteiger partial charge in [0.15, 0.2) is 0 Å². The fourth-order valence-electron chi connectivity index (χ4n) is 6.82. The molecule has 36 heavy (non-hydrogen) atoms. The van der Waals surface area contributed by atoms with Gasteiger partial charge in [-0.1, -0.05) is 6.07 Å². The fourth-order valence-corrected chi connectivity index (χ4v) is 6.82. The third-order valence-corrected chi connectivity index (χ3v) is 8.48. The molecule has 6 heteroatoms. The summed E-state index contributed by atoms with van der Waals surface area (Å²) >= 11 is 0. The Kier molecular flexibility index (Phi) is 5.89. The molecule has 0 amide bonds. The summed E-state index contributed by atoms with van der Waals surface area (Å²) in [5.74, 6) is 0.0802. The second kappa shape index (κ2) is 9.09. The van der Waals surface area contributed by atoms with Crippen LogP contribution in [0.5, 0.6) is 0 Å². The van der Waals surface area contributed by atoms with E-state index in [2.05, 4.69) is 29.4 Å². The third-order valence-electron chi connectivity index (χ3n) is 8.48. The highest BCUT2D eigenvalue weighted by Gasteiger charge is 2.51. The summed E-state index contributed by atoms with van der Waals surface area (Å²) in [7, 11) is 1.67. The molecule has 2 heterocycles. The first-order valence-corrected chi connectivity index (χ1v) is 12.9. The third kappa shape index (κ3) is 4.02. The number of hydrogen-bond donors (Lipinski definition) is 1. The highest BCUT2D eigenvalue weighted by atomic mass is 19.1. The molecule has 6 rings (SSSR count). The van der Waals surface area contributed by atoms with E-state index in [0.717, 1.165) is 60.8 Å². The zero-order valence-electron chi connectivity index (χ0n) is 20.7. The minimum absolute atomic E-state index is 0.105. The van der Waals surface area contributed by atoms with E-state index in [1.807, 2.05) is 23.1 Å². The summed E-state index contributed by atoms with van der Waals surface area (Å²) in [6.07, 6.45) is 10.1. The average Bonchev–Trinajstić information content (AvgIpc) is 3.23. The summed E-state index contributed by atoms with van der Waals surface area (Å²) in [5.41, 5.74) is 4.82. The van der Waals surface area contributed by atoms with E-state index >= 15 is 0 Å². The Balaban J connectivity index is 1.49. The molecular weight excluding hydrogens is 453 g/mol. The lowest BCUT2D eigenvalue weighted by atomic mass is 9.56. The first-order chi connectivity index (χ1) is 17.5. The number of halogens is 1. The van der Waals surface area contributed by atoms with Crippen LogP contribution in [-0.2, 0) is 23.0 Å². The standard InChI is InChI=1S/C30H32FN3O2/c1-36-20-29(35)12-13-30(18-25-7-2-3-14-32-25)23(17-29)6-4-5-21-16-28-22(15-27(21)30)19-33-34(28)26-10-8-24(31)9-11-26/h2-3,7-11,14-16,19,23,35H,4-6,12-13,17-18,20H2,1H3/t23-,29+,30-/m0/s1. The van der Waals surface area contributed by atoms with Crippen molar-refractivity contribution in [3.8, 4) is 5.69 Å². The molecule has 4 aromatic rings. The number of ether oxygens (including phenoxy) is 1. The van der Waals surface area contributed by atoms with Crippen molar-refractivity contribution in [2.24, 2.45) is 5.92 Å². The molecule has 1 N–H and O–H groups in total. The quantitative estimate of drug-likeness (QED) is 0.402. The molecule has 0 saturated heterocycles. The van der Waals surface area contributed by atoms with Gasteiger partial charge in [0, 0.05) is 29.8 Å². The minimum Gasteiger partial charge on any atom is -0.387 e. The number of rotatable bonds is 5. The van der Waals surface area contributed by atoms with E-state index < -0.39 is 5.60 Å². The van der Waals surface area contributed by atoms with Crippen molar-refractivity contribution in [1.82, 2.24) is 14.8 Å². The van der Waals surface area contributed by atoms with Gasteiger partial charge < -0.3 is 9.84 Å². The number of fused-ring (bicyclic) bond motifs is 4. The van der Waals surface area contributed by atoms with Gasteiger partial charge in [-0.15, -0.1) is 0 Å². The van der Waals surface area contributed by atoms with Crippen LogP contribution < -0.4 is 0 Å². The van der Waals surface area contributed by atoms with Crippen molar-refractivity contribution in [2.75, 3.05) is 13.7 Å². The summed E-state index contributed by atoms with van der Waals surface area (Å²) in [6.45, 7) is 0.375. The molecule has 0 radical (unpaired) electrons. The minimum atomic E-state index is -0.783. The van der Waals surface area contributed by atoms with Gasteiger partial charge in [0.2, 0.25) is 0 Å². The van der Waals surface area contributed by atoms with E-state index in [0.29, 0.717) is 18.9 Å². The molecule has 2 aliphatic carbocycles. The lowest BCUT2D eigenvalue weighted by molar-refractivity contribution is -0.0899. The Morgan fingerprint density at radius 2 is 2.00 bits per heavy atom. The van der Waals surface area contributed by atoms with E-state index in [-0.39, 0.29) is 11.2 Å². The van der Waals surface area contributed by atoms with Gasteiger partial charge in [0.05, 0.1) is 29.6 Å². The van der Waals surface area contributed by atoms with E-state index in [1.165, 1.54) is 23.3 Å². The predicted molar refractivity (Wildman–Crippen MR) is 138 cm³/mol. The Bertz CT molecular complexity index is 1370. The molecule has 0 bridgehead atoms. The van der Waals surface area contributed by atoms with Gasteiger partial charge in [-0.3, -0.25) is 4.98 Å². The molecule has 3 atom stereocenters. The largest absolute Gasteiger partial charge is 0.387 e. The number of pyridine rings is 1. The molecule has 0 unspecified atom stereocenters. The Hall–Kier alpha value is -3.09. The number of methoxy groups -OCH3 is 1. The first-order valence-electron chi connectivity index (χ1n) is 12.9. The molecule has 0 aliphatic heterocycles. The Labute approximate surface area is 210 Å². The van der Waals surface area contributed by atoms with E-state index in [1.54, 1.807) is 19.2 Å². The lowest BCUT2D eigenvalue weighted by Crippen LogP contribution is -2.51. The molecule has 2 aromatic heterocycles. The van der Waals surface area contributed by atoms with Crippen molar-refractivity contribution in [2.45, 2.75) is 56.0 Å². The number of nitrogens with zero attached hydrogens (tertiary/aromatic N) is 3. The molecular formula is C30H32FN3O2. The Morgan fingerprint density at radius 3 is 2.78 bits per heavy atom. The average molecular weight is 486 g/mol. The summed E-state index contributed by atoms with van der Waals surface area (Å²) < 4.78 is 20.9. The molecule has 1 fully saturated rings. The second-order valence-electron chi connectivity index (χ2n) is 10.7. The van der Waals surface area contributed by atoms with Gasteiger partial charge >= 0.3 is 0 Å². The number of aryl methyl sites for hydroxylation is 1. The summed E-state index contributed by atoms with van der Waals surface area (Å²) in [4.78, 5) is 4.71. The van der Waals surface area contributed by atoms with Gasteiger partial charge in [-0.05, 0) is 111 Å². The zero-order chi connectivity index (χ0) is 24.8. The van der Waals surface area contributed by atoms with Gasteiger partial charge in [-0.25, -0.2) is 9.07 Å². The van der Waals surface area contributed by atoms with Gasteiger partial charge in [0.1, 0.15) is 5.82 Å². The van der Waals surface area contributed by atoms with Crippen LogP contribution in [0, 0.1) is 11.7 Å². The Morgan fingerprint density at radius 1 is 1.14 bits per heavy atom. The SMILES string of the molecule is COC[C@@]1(O)CC[C@@]2(Cc3ccccn3)c3cc4cnn(-c5ccc(F)cc5)c4cc3CCC[C@H]2C1. The molecule has 1 saturated carbocycles. The fraction of sp³-hybridized carbons (Fsp3) is 0.400. The molecule has 2 aromatic carbocycles. The first kappa shape index (κ1) is 23.3. The van der Waals surface area contributed by atoms with Crippen molar-refractivity contribution in [1.29, 1.82) is 0 Å². The molecule has 0 spiro atoms. The lowest BCUT2D eigenvalue weighted by Gasteiger charge is -2.50.